The molecule has 1 aromatic carbocycles. The number of carbonyl (C=O) groups is 1. The molecule has 0 aliphatic heterocycles. The molecule has 0 bridgehead atoms. The Morgan fingerprint density at radius 1 is 1.54 bits per heavy atom. The van der Waals surface area contributed by atoms with Gasteiger partial charge in [0.05, 0.1) is 4.92 Å². The number of halogens is 1. The first-order valence-electron chi connectivity index (χ1n) is 3.19. The Morgan fingerprint density at radius 3 is 2.77 bits per heavy atom. The van der Waals surface area contributed by atoms with Crippen molar-refractivity contribution in [2.45, 2.75) is 0 Å². The van der Waals surface area contributed by atoms with E-state index in [9.17, 15) is 14.9 Å². The largest absolute Gasteiger partial charge is 0.421 e. The van der Waals surface area contributed by atoms with Crippen molar-refractivity contribution in [3.8, 4) is 5.75 Å². The van der Waals surface area contributed by atoms with Gasteiger partial charge in [0.15, 0.2) is 0 Å². The van der Waals surface area contributed by atoms with Crippen LogP contribution >= 0.6 is 15.9 Å². The van der Waals surface area contributed by atoms with Crippen molar-refractivity contribution >= 4 is 28.1 Å². The van der Waals surface area contributed by atoms with Crippen LogP contribution in [0.3, 0.4) is 0 Å². The molecular weight excluding hydrogens is 242 g/mol. The van der Waals surface area contributed by atoms with Crippen molar-refractivity contribution in [3.05, 3.63) is 32.8 Å². The van der Waals surface area contributed by atoms with E-state index in [2.05, 4.69) is 20.7 Å². The molecule has 6 heteroatoms. The van der Waals surface area contributed by atoms with Crippen LogP contribution in [0.25, 0.3) is 0 Å². The molecule has 0 saturated carbocycles. The van der Waals surface area contributed by atoms with Crippen LogP contribution < -0.4 is 4.74 Å². The molecular formula is C7H4BrNO4. The molecule has 0 radical (unpaired) electrons. The summed E-state index contributed by atoms with van der Waals surface area (Å²) in [5.74, 6) is -0.0747. The lowest BCUT2D eigenvalue weighted by Crippen LogP contribution is -1.95. The highest BCUT2D eigenvalue weighted by molar-refractivity contribution is 9.10. The number of carbonyl (C=O) groups excluding carboxylic acids is 1. The zero-order valence-corrected chi connectivity index (χ0v) is 7.85. The number of ether oxygens (including phenoxy) is 1. The smallest absolute Gasteiger partial charge is 0.311 e. The summed E-state index contributed by atoms with van der Waals surface area (Å²) in [5.41, 5.74) is -0.240. The number of rotatable bonds is 3. The molecule has 1 rings (SSSR count). The Kier molecular flexibility index (Phi) is 2.97. The van der Waals surface area contributed by atoms with Gasteiger partial charge in [-0.05, 0) is 6.07 Å². The first-order valence-corrected chi connectivity index (χ1v) is 3.98. The van der Waals surface area contributed by atoms with Crippen LogP contribution in [-0.4, -0.2) is 11.4 Å². The second kappa shape index (κ2) is 3.99. The zero-order valence-electron chi connectivity index (χ0n) is 6.27. The summed E-state index contributed by atoms with van der Waals surface area (Å²) < 4.78 is 5.03. The number of nitro groups is 1. The fourth-order valence-electron chi connectivity index (χ4n) is 0.785. The van der Waals surface area contributed by atoms with E-state index in [1.165, 1.54) is 18.2 Å². The second-order valence-electron chi connectivity index (χ2n) is 2.08. The lowest BCUT2D eigenvalue weighted by Gasteiger charge is -1.99. The van der Waals surface area contributed by atoms with Gasteiger partial charge in [-0.15, -0.1) is 0 Å². The lowest BCUT2D eigenvalue weighted by atomic mass is 10.3. The first-order chi connectivity index (χ1) is 6.15. The van der Waals surface area contributed by atoms with E-state index in [-0.39, 0.29) is 17.9 Å². The number of hydrogen-bond acceptors (Lipinski definition) is 4. The highest BCUT2D eigenvalue weighted by atomic mass is 79.9. The predicted molar refractivity (Wildman–Crippen MR) is 47.5 cm³/mol. The molecule has 0 N–H and O–H groups in total. The van der Waals surface area contributed by atoms with Crippen LogP contribution in [-0.2, 0) is 4.79 Å². The summed E-state index contributed by atoms with van der Waals surface area (Å²) in [6, 6.07) is 4.10. The van der Waals surface area contributed by atoms with Gasteiger partial charge in [-0.3, -0.25) is 14.9 Å². The Labute approximate surface area is 81.6 Å². The molecule has 1 aromatic rings. The van der Waals surface area contributed by atoms with Crippen molar-refractivity contribution in [1.29, 1.82) is 0 Å². The minimum atomic E-state index is -0.620. The molecule has 0 unspecified atom stereocenters. The van der Waals surface area contributed by atoms with Gasteiger partial charge < -0.3 is 4.74 Å². The maximum atomic E-state index is 10.4. The quantitative estimate of drug-likeness (QED) is 0.464. The Morgan fingerprint density at radius 2 is 2.23 bits per heavy atom. The van der Waals surface area contributed by atoms with E-state index < -0.39 is 4.92 Å². The molecule has 0 saturated heterocycles. The summed E-state index contributed by atoms with van der Waals surface area (Å²) in [4.78, 5) is 19.8. The molecule has 0 aliphatic carbocycles. The standard InChI is InChI=1S/C7H4BrNO4/c8-5-1-2-6(9(11)12)7(3-5)13-4-10/h1-4H. The summed E-state index contributed by atoms with van der Waals surface area (Å²) in [7, 11) is 0. The van der Waals surface area contributed by atoms with E-state index >= 15 is 0 Å². The number of nitrogens with zero attached hydrogens (tertiary/aromatic N) is 1. The third kappa shape index (κ3) is 2.25. The van der Waals surface area contributed by atoms with Crippen molar-refractivity contribution < 1.29 is 14.5 Å². The number of benzene rings is 1. The Hall–Kier alpha value is -1.43. The summed E-state index contributed by atoms with van der Waals surface area (Å²) in [6.07, 6.45) is 0. The van der Waals surface area contributed by atoms with Crippen LogP contribution in [0.2, 0.25) is 0 Å². The van der Waals surface area contributed by atoms with Gasteiger partial charge in [0.2, 0.25) is 5.75 Å². The monoisotopic (exact) mass is 245 g/mol. The Bertz CT molecular complexity index is 352. The minimum absolute atomic E-state index is 0.0747. The van der Waals surface area contributed by atoms with Crippen molar-refractivity contribution in [1.82, 2.24) is 0 Å². The van der Waals surface area contributed by atoms with E-state index in [1.54, 1.807) is 0 Å². The van der Waals surface area contributed by atoms with E-state index in [0.717, 1.165) is 0 Å². The maximum absolute atomic E-state index is 10.4. The third-order valence-corrected chi connectivity index (χ3v) is 1.79. The number of hydrogen-bond donors (Lipinski definition) is 0. The highest BCUT2D eigenvalue weighted by Crippen LogP contribution is 2.29. The molecule has 13 heavy (non-hydrogen) atoms. The van der Waals surface area contributed by atoms with Gasteiger partial charge in [-0.25, -0.2) is 0 Å². The van der Waals surface area contributed by atoms with Crippen molar-refractivity contribution in [2.24, 2.45) is 0 Å². The number of nitro benzene ring substituents is 1. The van der Waals surface area contributed by atoms with Crippen LogP contribution in [0.5, 0.6) is 5.75 Å². The highest BCUT2D eigenvalue weighted by Gasteiger charge is 2.14. The molecule has 5 nitrogen and oxygen atoms in total. The fraction of sp³-hybridized carbons (Fsp3) is 0. The average molecular weight is 246 g/mol. The van der Waals surface area contributed by atoms with Gasteiger partial charge >= 0.3 is 5.69 Å². The van der Waals surface area contributed by atoms with Gasteiger partial charge in [0, 0.05) is 16.6 Å². The van der Waals surface area contributed by atoms with Gasteiger partial charge in [0.1, 0.15) is 0 Å². The molecule has 0 aromatic heterocycles. The summed E-state index contributed by atoms with van der Waals surface area (Å²) in [6.45, 7) is 0.148. The zero-order chi connectivity index (χ0) is 9.84. The average Bonchev–Trinajstić information content (AvgIpc) is 2.04. The van der Waals surface area contributed by atoms with E-state index in [0.29, 0.717) is 4.47 Å². The first kappa shape index (κ1) is 9.66. The van der Waals surface area contributed by atoms with Crippen LogP contribution in [0.1, 0.15) is 0 Å². The fourth-order valence-corrected chi connectivity index (χ4v) is 1.13. The van der Waals surface area contributed by atoms with Gasteiger partial charge in [0.25, 0.3) is 6.47 Å². The van der Waals surface area contributed by atoms with Crippen LogP contribution in [0.4, 0.5) is 5.69 Å². The molecule has 0 heterocycles. The molecule has 0 atom stereocenters. The predicted octanol–water partition coefficient (Wildman–Crippen LogP) is 1.89. The van der Waals surface area contributed by atoms with E-state index in [4.69, 9.17) is 0 Å². The van der Waals surface area contributed by atoms with E-state index in [1.807, 2.05) is 0 Å². The van der Waals surface area contributed by atoms with Crippen LogP contribution in [0, 0.1) is 10.1 Å². The minimum Gasteiger partial charge on any atom is -0.421 e. The molecule has 0 aliphatic rings. The summed E-state index contributed by atoms with van der Waals surface area (Å²) in [5, 5.41) is 10.4. The normalized spacial score (nSPS) is 9.31. The second-order valence-corrected chi connectivity index (χ2v) is 3.00. The topological polar surface area (TPSA) is 69.4 Å². The van der Waals surface area contributed by atoms with Gasteiger partial charge in [-0.2, -0.15) is 0 Å². The molecule has 0 spiro atoms. The Balaban J connectivity index is 3.17. The van der Waals surface area contributed by atoms with Crippen LogP contribution in [0.15, 0.2) is 22.7 Å². The van der Waals surface area contributed by atoms with Gasteiger partial charge in [-0.1, -0.05) is 15.9 Å². The SMILES string of the molecule is O=COc1cc(Br)ccc1[N+](=O)[O-]. The molecule has 0 fully saturated rings. The molecule has 68 valence electrons. The summed E-state index contributed by atoms with van der Waals surface area (Å²) >= 11 is 3.10. The maximum Gasteiger partial charge on any atom is 0.311 e. The van der Waals surface area contributed by atoms with Crippen molar-refractivity contribution in [2.75, 3.05) is 0 Å². The lowest BCUT2D eigenvalue weighted by molar-refractivity contribution is -0.385. The van der Waals surface area contributed by atoms with Crippen molar-refractivity contribution in [3.63, 3.8) is 0 Å². The third-order valence-electron chi connectivity index (χ3n) is 1.29. The molecule has 0 amide bonds.